The summed E-state index contributed by atoms with van der Waals surface area (Å²) in [4.78, 5) is 28.3. The molecule has 1 amide bonds. The Morgan fingerprint density at radius 1 is 1.25 bits per heavy atom. The van der Waals surface area contributed by atoms with E-state index in [1.807, 2.05) is 19.9 Å². The number of carbonyl (C=O) groups is 1. The van der Waals surface area contributed by atoms with E-state index in [4.69, 9.17) is 9.72 Å². The quantitative estimate of drug-likeness (QED) is 0.873. The lowest BCUT2D eigenvalue weighted by Gasteiger charge is -2.37. The Bertz CT molecular complexity index is 827. The Labute approximate surface area is 166 Å². The fourth-order valence-corrected chi connectivity index (χ4v) is 3.27. The summed E-state index contributed by atoms with van der Waals surface area (Å²) >= 11 is 0. The van der Waals surface area contributed by atoms with Crippen LogP contribution in [-0.2, 0) is 10.2 Å². The number of anilines is 1. The van der Waals surface area contributed by atoms with Crippen LogP contribution >= 0.6 is 0 Å². The number of carbonyl (C=O) groups excluding carboxylic acids is 1. The van der Waals surface area contributed by atoms with E-state index >= 15 is 0 Å². The second-order valence-corrected chi connectivity index (χ2v) is 8.26. The summed E-state index contributed by atoms with van der Waals surface area (Å²) in [6, 6.07) is 5.55. The van der Waals surface area contributed by atoms with E-state index in [-0.39, 0.29) is 17.4 Å². The minimum absolute atomic E-state index is 0.0180. The fraction of sp³-hybridized carbons (Fsp3) is 0.524. The maximum Gasteiger partial charge on any atom is 0.251 e. The Kier molecular flexibility index (Phi) is 5.93. The number of ether oxygens (including phenoxy) is 1. The number of nitrogens with zero attached hydrogens (tertiary/aromatic N) is 4. The largest absolute Gasteiger partial charge is 0.377 e. The van der Waals surface area contributed by atoms with Gasteiger partial charge in [-0.2, -0.15) is 0 Å². The van der Waals surface area contributed by atoms with E-state index in [1.165, 1.54) is 0 Å². The number of amides is 1. The highest BCUT2D eigenvalue weighted by molar-refractivity contribution is 5.94. The van der Waals surface area contributed by atoms with Gasteiger partial charge in [0.15, 0.2) is 0 Å². The molecule has 1 saturated heterocycles. The van der Waals surface area contributed by atoms with Crippen LogP contribution in [0.4, 0.5) is 5.82 Å². The minimum Gasteiger partial charge on any atom is -0.377 e. The normalized spacial score (nSPS) is 17.5. The lowest BCUT2D eigenvalue weighted by Crippen LogP contribution is -2.51. The average molecular weight is 383 g/mol. The van der Waals surface area contributed by atoms with Gasteiger partial charge in [-0.05, 0) is 32.0 Å². The molecule has 28 heavy (non-hydrogen) atoms. The summed E-state index contributed by atoms with van der Waals surface area (Å²) in [6.45, 7) is 12.5. The molecular formula is C21H29N5O2. The van der Waals surface area contributed by atoms with Gasteiger partial charge >= 0.3 is 0 Å². The maximum atomic E-state index is 12.6. The molecular weight excluding hydrogens is 354 g/mol. The third-order valence-electron chi connectivity index (χ3n) is 4.68. The highest BCUT2D eigenvalue weighted by Gasteiger charge is 2.26. The van der Waals surface area contributed by atoms with Gasteiger partial charge in [-0.3, -0.25) is 9.78 Å². The van der Waals surface area contributed by atoms with Crippen LogP contribution in [0.3, 0.4) is 0 Å². The molecule has 1 unspecified atom stereocenters. The van der Waals surface area contributed by atoms with E-state index < -0.39 is 0 Å². The van der Waals surface area contributed by atoms with E-state index in [0.29, 0.717) is 25.3 Å². The van der Waals surface area contributed by atoms with E-state index in [0.717, 1.165) is 29.6 Å². The van der Waals surface area contributed by atoms with Gasteiger partial charge in [-0.1, -0.05) is 20.8 Å². The molecule has 0 saturated carbocycles. The summed E-state index contributed by atoms with van der Waals surface area (Å²) in [6.07, 6.45) is 1.80. The second kappa shape index (κ2) is 8.22. The smallest absolute Gasteiger partial charge is 0.251 e. The molecule has 3 heterocycles. The standard InChI is InChI=1S/C21H29N5O2/c1-14-10-16(11-15(2)24-14)19(27)23-12-17-13-28-9-8-26(17)18-6-7-22-20(25-18)21(3,4)5/h6-7,10-11,17H,8-9,12-13H2,1-5H3,(H,23,27). The first kappa shape index (κ1) is 20.2. The molecule has 3 rings (SSSR count). The molecule has 7 heteroatoms. The molecule has 2 aromatic rings. The van der Waals surface area contributed by atoms with E-state index in [1.54, 1.807) is 18.3 Å². The van der Waals surface area contributed by atoms with Gasteiger partial charge in [0, 0.05) is 41.7 Å². The average Bonchev–Trinajstić information content (AvgIpc) is 2.65. The van der Waals surface area contributed by atoms with Gasteiger partial charge in [-0.15, -0.1) is 0 Å². The Morgan fingerprint density at radius 3 is 2.64 bits per heavy atom. The Hall–Kier alpha value is -2.54. The zero-order chi connectivity index (χ0) is 20.3. The van der Waals surface area contributed by atoms with Gasteiger partial charge in [-0.25, -0.2) is 9.97 Å². The van der Waals surface area contributed by atoms with Crippen molar-refractivity contribution >= 4 is 11.7 Å². The molecule has 0 spiro atoms. The van der Waals surface area contributed by atoms with E-state index in [9.17, 15) is 4.79 Å². The third kappa shape index (κ3) is 4.84. The van der Waals surface area contributed by atoms with Crippen molar-refractivity contribution in [2.45, 2.75) is 46.1 Å². The van der Waals surface area contributed by atoms with Crippen molar-refractivity contribution < 1.29 is 9.53 Å². The molecule has 1 N–H and O–H groups in total. The van der Waals surface area contributed by atoms with Gasteiger partial charge < -0.3 is 15.0 Å². The molecule has 0 aromatic carbocycles. The first-order valence-corrected chi connectivity index (χ1v) is 9.65. The zero-order valence-corrected chi connectivity index (χ0v) is 17.3. The lowest BCUT2D eigenvalue weighted by molar-refractivity contribution is 0.0853. The van der Waals surface area contributed by atoms with Gasteiger partial charge in [0.1, 0.15) is 11.6 Å². The molecule has 1 aliphatic heterocycles. The van der Waals surface area contributed by atoms with Crippen molar-refractivity contribution in [3.63, 3.8) is 0 Å². The molecule has 7 nitrogen and oxygen atoms in total. The number of hydrogen-bond donors (Lipinski definition) is 1. The molecule has 1 atom stereocenters. The number of hydrogen-bond acceptors (Lipinski definition) is 6. The Balaban J connectivity index is 1.72. The molecule has 0 bridgehead atoms. The first-order valence-electron chi connectivity index (χ1n) is 9.65. The van der Waals surface area contributed by atoms with Crippen LogP contribution in [0, 0.1) is 13.8 Å². The molecule has 150 valence electrons. The SMILES string of the molecule is Cc1cc(C(=O)NCC2COCCN2c2ccnc(C(C)(C)C)n2)cc(C)n1. The third-order valence-corrected chi connectivity index (χ3v) is 4.68. The summed E-state index contributed by atoms with van der Waals surface area (Å²) in [7, 11) is 0. The van der Waals surface area contributed by atoms with Crippen molar-refractivity contribution in [3.05, 3.63) is 47.2 Å². The number of morpholine rings is 1. The Morgan fingerprint density at radius 2 is 1.96 bits per heavy atom. The van der Waals surface area contributed by atoms with Crippen LogP contribution in [0.1, 0.15) is 48.3 Å². The summed E-state index contributed by atoms with van der Waals surface area (Å²) in [5.41, 5.74) is 2.18. The molecule has 2 aromatic heterocycles. The predicted molar refractivity (Wildman–Crippen MR) is 109 cm³/mol. The van der Waals surface area contributed by atoms with Crippen molar-refractivity contribution in [1.82, 2.24) is 20.3 Å². The zero-order valence-electron chi connectivity index (χ0n) is 17.3. The van der Waals surface area contributed by atoms with Crippen LogP contribution in [0.2, 0.25) is 0 Å². The predicted octanol–water partition coefficient (Wildman–Crippen LogP) is 2.42. The van der Waals surface area contributed by atoms with Crippen LogP contribution in [0.25, 0.3) is 0 Å². The van der Waals surface area contributed by atoms with Crippen molar-refractivity contribution in [3.8, 4) is 0 Å². The summed E-state index contributed by atoms with van der Waals surface area (Å²) in [5, 5.41) is 3.04. The number of rotatable bonds is 4. The number of nitrogens with one attached hydrogen (secondary N) is 1. The van der Waals surface area contributed by atoms with Crippen LogP contribution in [0.15, 0.2) is 24.4 Å². The topological polar surface area (TPSA) is 80.2 Å². The van der Waals surface area contributed by atoms with Crippen LogP contribution < -0.4 is 10.2 Å². The highest BCUT2D eigenvalue weighted by Crippen LogP contribution is 2.22. The van der Waals surface area contributed by atoms with Crippen molar-refractivity contribution in [2.75, 3.05) is 31.2 Å². The molecule has 1 aliphatic rings. The maximum absolute atomic E-state index is 12.6. The monoisotopic (exact) mass is 383 g/mol. The van der Waals surface area contributed by atoms with Crippen LogP contribution in [-0.4, -0.2) is 53.2 Å². The second-order valence-electron chi connectivity index (χ2n) is 8.26. The first-order chi connectivity index (χ1) is 13.2. The van der Waals surface area contributed by atoms with Crippen molar-refractivity contribution in [1.29, 1.82) is 0 Å². The molecule has 0 aliphatic carbocycles. The number of pyridine rings is 1. The molecule has 0 radical (unpaired) electrons. The minimum atomic E-state index is -0.122. The summed E-state index contributed by atoms with van der Waals surface area (Å²) < 4.78 is 5.66. The fourth-order valence-electron chi connectivity index (χ4n) is 3.27. The van der Waals surface area contributed by atoms with E-state index in [2.05, 4.69) is 41.0 Å². The number of aromatic nitrogens is 3. The highest BCUT2D eigenvalue weighted by atomic mass is 16.5. The van der Waals surface area contributed by atoms with Gasteiger partial charge in [0.2, 0.25) is 0 Å². The molecule has 1 fully saturated rings. The van der Waals surface area contributed by atoms with Crippen molar-refractivity contribution in [2.24, 2.45) is 0 Å². The van der Waals surface area contributed by atoms with Crippen LogP contribution in [0.5, 0.6) is 0 Å². The van der Waals surface area contributed by atoms with Gasteiger partial charge in [0.25, 0.3) is 5.91 Å². The lowest BCUT2D eigenvalue weighted by atomic mass is 9.96. The summed E-state index contributed by atoms with van der Waals surface area (Å²) in [5.74, 6) is 1.58. The number of aryl methyl sites for hydroxylation is 2. The van der Waals surface area contributed by atoms with Gasteiger partial charge in [0.05, 0.1) is 19.3 Å².